The Morgan fingerprint density at radius 1 is 1.26 bits per heavy atom. The van der Waals surface area contributed by atoms with Crippen molar-refractivity contribution in [1.82, 2.24) is 9.88 Å². The molecule has 2 rings (SSSR count). The molecule has 1 aromatic carbocycles. The van der Waals surface area contributed by atoms with Crippen molar-refractivity contribution >= 4 is 22.6 Å². The first-order chi connectivity index (χ1) is 9.09. The van der Waals surface area contributed by atoms with Crippen molar-refractivity contribution in [2.75, 3.05) is 13.6 Å². The topological polar surface area (TPSA) is 53.2 Å². The number of para-hydroxylation sites is 1. The molecule has 0 fully saturated rings. The van der Waals surface area contributed by atoms with E-state index in [1.807, 2.05) is 24.3 Å². The molecule has 0 unspecified atom stereocenters. The molecule has 0 saturated heterocycles. The lowest BCUT2D eigenvalue weighted by atomic mass is 10.1. The van der Waals surface area contributed by atoms with E-state index in [4.69, 9.17) is 0 Å². The van der Waals surface area contributed by atoms with E-state index >= 15 is 0 Å². The van der Waals surface area contributed by atoms with Crippen molar-refractivity contribution in [1.29, 1.82) is 0 Å². The lowest BCUT2D eigenvalue weighted by Gasteiger charge is -2.13. The minimum absolute atomic E-state index is 0.0274. The zero-order valence-corrected chi connectivity index (χ0v) is 11.3. The van der Waals surface area contributed by atoms with Crippen LogP contribution in [-0.2, 0) is 4.79 Å². The van der Waals surface area contributed by atoms with Gasteiger partial charge in [0.25, 0.3) is 0 Å². The molecular formula is C15H18N2O2. The molecule has 1 aromatic heterocycles. The molecule has 4 nitrogen and oxygen atoms in total. The Morgan fingerprint density at radius 3 is 2.74 bits per heavy atom. The highest BCUT2D eigenvalue weighted by molar-refractivity contribution is 6.07. The van der Waals surface area contributed by atoms with Crippen molar-refractivity contribution in [3.05, 3.63) is 36.0 Å². The largest absolute Gasteiger partial charge is 0.360 e. The van der Waals surface area contributed by atoms with Crippen LogP contribution in [0.15, 0.2) is 30.5 Å². The van der Waals surface area contributed by atoms with Crippen LogP contribution in [0.3, 0.4) is 0 Å². The number of ketones is 1. The zero-order chi connectivity index (χ0) is 13.8. The zero-order valence-electron chi connectivity index (χ0n) is 11.3. The molecule has 1 heterocycles. The van der Waals surface area contributed by atoms with Crippen molar-refractivity contribution in [3.63, 3.8) is 0 Å². The number of nitrogens with zero attached hydrogens (tertiary/aromatic N) is 1. The third-order valence-corrected chi connectivity index (χ3v) is 3.32. The van der Waals surface area contributed by atoms with Gasteiger partial charge in [0.05, 0.1) is 0 Å². The van der Waals surface area contributed by atoms with Crippen LogP contribution in [0.2, 0.25) is 0 Å². The van der Waals surface area contributed by atoms with Crippen LogP contribution in [0.5, 0.6) is 0 Å². The van der Waals surface area contributed by atoms with Gasteiger partial charge in [0.1, 0.15) is 0 Å². The Kier molecular flexibility index (Phi) is 4.00. The van der Waals surface area contributed by atoms with Gasteiger partial charge in [0, 0.05) is 49.6 Å². The standard InChI is InChI=1S/C15H18N2O2/c1-11(18)17(2)9-5-8-15(19)13-10-16-14-7-4-3-6-12(13)14/h3-4,6-7,10,16H,5,8-9H2,1-2H3. The van der Waals surface area contributed by atoms with Crippen LogP contribution in [-0.4, -0.2) is 35.2 Å². The molecule has 0 aliphatic carbocycles. The summed E-state index contributed by atoms with van der Waals surface area (Å²) in [6.07, 6.45) is 2.91. The highest BCUT2D eigenvalue weighted by Crippen LogP contribution is 2.19. The summed E-state index contributed by atoms with van der Waals surface area (Å²) in [7, 11) is 1.75. The first-order valence-corrected chi connectivity index (χ1v) is 6.40. The number of aromatic nitrogens is 1. The summed E-state index contributed by atoms with van der Waals surface area (Å²) in [5.74, 6) is 0.147. The maximum Gasteiger partial charge on any atom is 0.219 e. The smallest absolute Gasteiger partial charge is 0.219 e. The molecule has 0 spiro atoms. The summed E-state index contributed by atoms with van der Waals surface area (Å²) in [6.45, 7) is 2.14. The average molecular weight is 258 g/mol. The summed E-state index contributed by atoms with van der Waals surface area (Å²) < 4.78 is 0. The molecule has 2 aromatic rings. The first kappa shape index (κ1) is 13.3. The van der Waals surface area contributed by atoms with Crippen LogP contribution >= 0.6 is 0 Å². The summed E-state index contributed by atoms with van der Waals surface area (Å²) in [6, 6.07) is 7.77. The van der Waals surface area contributed by atoms with E-state index in [0.717, 1.165) is 16.5 Å². The molecule has 1 amide bonds. The van der Waals surface area contributed by atoms with E-state index < -0.39 is 0 Å². The van der Waals surface area contributed by atoms with Crippen molar-refractivity contribution in [3.8, 4) is 0 Å². The van der Waals surface area contributed by atoms with Gasteiger partial charge >= 0.3 is 0 Å². The molecule has 0 aliphatic rings. The van der Waals surface area contributed by atoms with E-state index in [1.54, 1.807) is 18.1 Å². The summed E-state index contributed by atoms with van der Waals surface area (Å²) >= 11 is 0. The second kappa shape index (κ2) is 5.69. The maximum absolute atomic E-state index is 12.1. The van der Waals surface area contributed by atoms with E-state index in [1.165, 1.54) is 6.92 Å². The molecule has 0 aliphatic heterocycles. The minimum atomic E-state index is 0.0274. The fraction of sp³-hybridized carbons (Fsp3) is 0.333. The predicted molar refractivity (Wildman–Crippen MR) is 75.2 cm³/mol. The van der Waals surface area contributed by atoms with Gasteiger partial charge in [-0.3, -0.25) is 9.59 Å². The lowest BCUT2D eigenvalue weighted by molar-refractivity contribution is -0.127. The number of H-pyrrole nitrogens is 1. The van der Waals surface area contributed by atoms with Crippen LogP contribution in [0.1, 0.15) is 30.1 Å². The molecule has 0 bridgehead atoms. The lowest BCUT2D eigenvalue weighted by Crippen LogP contribution is -2.25. The van der Waals surface area contributed by atoms with Crippen LogP contribution in [0.4, 0.5) is 0 Å². The number of aromatic amines is 1. The quantitative estimate of drug-likeness (QED) is 0.838. The van der Waals surface area contributed by atoms with Gasteiger partial charge in [-0.25, -0.2) is 0 Å². The molecule has 19 heavy (non-hydrogen) atoms. The molecule has 0 atom stereocenters. The van der Waals surface area contributed by atoms with Gasteiger partial charge in [-0.05, 0) is 12.5 Å². The molecular weight excluding hydrogens is 240 g/mol. The van der Waals surface area contributed by atoms with Crippen LogP contribution in [0.25, 0.3) is 10.9 Å². The maximum atomic E-state index is 12.1. The summed E-state index contributed by atoms with van der Waals surface area (Å²) in [5, 5.41) is 0.965. The molecule has 0 radical (unpaired) electrons. The number of fused-ring (bicyclic) bond motifs is 1. The van der Waals surface area contributed by atoms with Crippen molar-refractivity contribution in [2.24, 2.45) is 0 Å². The number of hydrogen-bond acceptors (Lipinski definition) is 2. The number of carbonyl (C=O) groups is 2. The van der Waals surface area contributed by atoms with Crippen molar-refractivity contribution in [2.45, 2.75) is 19.8 Å². The number of rotatable bonds is 5. The highest BCUT2D eigenvalue weighted by Gasteiger charge is 2.12. The van der Waals surface area contributed by atoms with Gasteiger partial charge in [0.2, 0.25) is 5.91 Å². The number of amides is 1. The van der Waals surface area contributed by atoms with Gasteiger partial charge in [-0.2, -0.15) is 0 Å². The fourth-order valence-electron chi connectivity index (χ4n) is 2.07. The first-order valence-electron chi connectivity index (χ1n) is 6.40. The molecule has 4 heteroatoms. The number of carbonyl (C=O) groups excluding carboxylic acids is 2. The number of nitrogens with one attached hydrogen (secondary N) is 1. The number of Topliss-reactive ketones (excluding diaryl/α,β-unsaturated/α-hetero) is 1. The summed E-state index contributed by atoms with van der Waals surface area (Å²) in [5.41, 5.74) is 1.72. The third-order valence-electron chi connectivity index (χ3n) is 3.32. The second-order valence-corrected chi connectivity index (χ2v) is 4.72. The van der Waals surface area contributed by atoms with Gasteiger partial charge < -0.3 is 9.88 Å². The highest BCUT2D eigenvalue weighted by atomic mass is 16.2. The van der Waals surface area contributed by atoms with Crippen molar-refractivity contribution < 1.29 is 9.59 Å². The Balaban J connectivity index is 1.99. The molecule has 0 saturated carbocycles. The van der Waals surface area contributed by atoms with E-state index in [0.29, 0.717) is 19.4 Å². The average Bonchev–Trinajstić information content (AvgIpc) is 2.82. The van der Waals surface area contributed by atoms with E-state index in [9.17, 15) is 9.59 Å². The Morgan fingerprint density at radius 2 is 2.00 bits per heavy atom. The van der Waals surface area contributed by atoms with Gasteiger partial charge in [-0.15, -0.1) is 0 Å². The third kappa shape index (κ3) is 3.02. The number of hydrogen-bond donors (Lipinski definition) is 1. The Bertz CT molecular complexity index is 601. The van der Waals surface area contributed by atoms with Crippen LogP contribution < -0.4 is 0 Å². The van der Waals surface area contributed by atoms with Crippen LogP contribution in [0, 0.1) is 0 Å². The SMILES string of the molecule is CC(=O)N(C)CCCC(=O)c1c[nH]c2ccccc12. The fourth-order valence-corrected chi connectivity index (χ4v) is 2.07. The number of benzene rings is 1. The Hall–Kier alpha value is -2.10. The predicted octanol–water partition coefficient (Wildman–Crippen LogP) is 2.61. The Labute approximate surface area is 112 Å². The molecule has 100 valence electrons. The van der Waals surface area contributed by atoms with E-state index in [2.05, 4.69) is 4.98 Å². The summed E-state index contributed by atoms with van der Waals surface area (Å²) in [4.78, 5) is 27.9. The monoisotopic (exact) mass is 258 g/mol. The normalized spacial score (nSPS) is 10.6. The second-order valence-electron chi connectivity index (χ2n) is 4.72. The van der Waals surface area contributed by atoms with E-state index in [-0.39, 0.29) is 11.7 Å². The van der Waals surface area contributed by atoms with Gasteiger partial charge in [-0.1, -0.05) is 18.2 Å². The molecule has 1 N–H and O–H groups in total. The van der Waals surface area contributed by atoms with Gasteiger partial charge in [0.15, 0.2) is 5.78 Å². The minimum Gasteiger partial charge on any atom is -0.360 e.